The summed E-state index contributed by atoms with van der Waals surface area (Å²) in [6, 6.07) is -0.151. The van der Waals surface area contributed by atoms with E-state index >= 15 is 0 Å². The van der Waals surface area contributed by atoms with Gasteiger partial charge >= 0.3 is 0 Å². The maximum Gasteiger partial charge on any atom is 0.0725 e. The molecule has 0 fully saturated rings. The number of hydrogen-bond acceptors (Lipinski definition) is 2. The third-order valence-electron chi connectivity index (χ3n) is 1.16. The van der Waals surface area contributed by atoms with Crippen LogP contribution < -0.4 is 5.73 Å². The van der Waals surface area contributed by atoms with Crippen LogP contribution in [0.4, 0.5) is 0 Å². The minimum Gasteiger partial charge on any atom is -0.391 e. The van der Waals surface area contributed by atoms with Gasteiger partial charge in [-0.1, -0.05) is 5.57 Å². The molecular formula is C7H15NO. The Bertz CT molecular complexity index is 99.1. The van der Waals surface area contributed by atoms with Gasteiger partial charge in [-0.05, 0) is 20.3 Å². The van der Waals surface area contributed by atoms with Gasteiger partial charge in [-0.3, -0.25) is 0 Å². The summed E-state index contributed by atoms with van der Waals surface area (Å²) in [5.41, 5.74) is 6.37. The number of rotatable bonds is 3. The Labute approximate surface area is 56.4 Å². The zero-order chi connectivity index (χ0) is 7.44. The Kier molecular flexibility index (Phi) is 3.50. The Balaban J connectivity index is 3.50. The quantitative estimate of drug-likeness (QED) is 0.550. The maximum absolute atomic E-state index is 9.11. The topological polar surface area (TPSA) is 46.2 Å². The summed E-state index contributed by atoms with van der Waals surface area (Å²) in [7, 11) is 0. The van der Waals surface area contributed by atoms with Crippen molar-refractivity contribution in [1.29, 1.82) is 0 Å². The molecule has 0 aromatic carbocycles. The molecule has 3 N–H and O–H groups in total. The molecule has 9 heavy (non-hydrogen) atoms. The Morgan fingerprint density at radius 1 is 1.78 bits per heavy atom. The second-order valence-corrected chi connectivity index (χ2v) is 2.59. The van der Waals surface area contributed by atoms with Gasteiger partial charge in [0.15, 0.2) is 0 Å². The molecule has 0 aromatic heterocycles. The molecule has 2 unspecified atom stereocenters. The molecule has 2 nitrogen and oxygen atoms in total. The molecule has 0 amide bonds. The first-order valence-electron chi connectivity index (χ1n) is 3.12. The Hall–Kier alpha value is -0.340. The highest BCUT2D eigenvalue weighted by molar-refractivity contribution is 4.92. The minimum atomic E-state index is -0.428. The van der Waals surface area contributed by atoms with Crippen LogP contribution in [-0.4, -0.2) is 17.3 Å². The summed E-state index contributed by atoms with van der Waals surface area (Å²) >= 11 is 0. The third-order valence-corrected chi connectivity index (χ3v) is 1.16. The first-order valence-corrected chi connectivity index (χ1v) is 3.12. The van der Waals surface area contributed by atoms with Gasteiger partial charge < -0.3 is 10.8 Å². The van der Waals surface area contributed by atoms with Crippen LogP contribution in [0.2, 0.25) is 0 Å². The highest BCUT2D eigenvalue weighted by atomic mass is 16.3. The Morgan fingerprint density at radius 3 is 2.33 bits per heavy atom. The lowest BCUT2D eigenvalue weighted by Crippen LogP contribution is -2.31. The van der Waals surface area contributed by atoms with Crippen LogP contribution in [-0.2, 0) is 0 Å². The molecule has 0 saturated heterocycles. The monoisotopic (exact) mass is 129 g/mol. The van der Waals surface area contributed by atoms with Crippen molar-refractivity contribution < 1.29 is 5.11 Å². The summed E-state index contributed by atoms with van der Waals surface area (Å²) in [5, 5.41) is 9.11. The summed E-state index contributed by atoms with van der Waals surface area (Å²) in [6.07, 6.45) is 0.181. The number of aliphatic hydroxyl groups is 1. The molecule has 54 valence electrons. The van der Waals surface area contributed by atoms with Crippen molar-refractivity contribution in [3.05, 3.63) is 12.2 Å². The van der Waals surface area contributed by atoms with Crippen molar-refractivity contribution >= 4 is 0 Å². The lowest BCUT2D eigenvalue weighted by Gasteiger charge is -2.13. The summed E-state index contributed by atoms with van der Waals surface area (Å²) in [6.45, 7) is 7.33. The van der Waals surface area contributed by atoms with E-state index in [0.29, 0.717) is 6.42 Å². The SMILES string of the molecule is C=C(C)CC(O)C(C)N. The van der Waals surface area contributed by atoms with Crippen LogP contribution in [0.25, 0.3) is 0 Å². The fourth-order valence-electron chi connectivity index (χ4n) is 0.543. The molecule has 2 atom stereocenters. The van der Waals surface area contributed by atoms with Gasteiger partial charge in [0.2, 0.25) is 0 Å². The molecular weight excluding hydrogens is 114 g/mol. The Morgan fingerprint density at radius 2 is 2.22 bits per heavy atom. The van der Waals surface area contributed by atoms with Crippen molar-refractivity contribution in [2.45, 2.75) is 32.4 Å². The van der Waals surface area contributed by atoms with Crippen molar-refractivity contribution in [1.82, 2.24) is 0 Å². The predicted molar refractivity (Wildman–Crippen MR) is 39.1 cm³/mol. The molecule has 0 radical (unpaired) electrons. The normalized spacial score (nSPS) is 16.9. The van der Waals surface area contributed by atoms with E-state index in [9.17, 15) is 0 Å². The van der Waals surface area contributed by atoms with Crippen LogP contribution in [0.3, 0.4) is 0 Å². The fourth-order valence-corrected chi connectivity index (χ4v) is 0.543. The van der Waals surface area contributed by atoms with Gasteiger partial charge in [0, 0.05) is 6.04 Å². The molecule has 0 aromatic rings. The average Bonchev–Trinajstić information content (AvgIpc) is 1.63. The highest BCUT2D eigenvalue weighted by Crippen LogP contribution is 2.03. The number of nitrogens with two attached hydrogens (primary N) is 1. The minimum absolute atomic E-state index is 0.151. The lowest BCUT2D eigenvalue weighted by atomic mass is 10.1. The summed E-state index contributed by atoms with van der Waals surface area (Å²) < 4.78 is 0. The molecule has 2 heteroatoms. The average molecular weight is 129 g/mol. The van der Waals surface area contributed by atoms with E-state index < -0.39 is 6.10 Å². The van der Waals surface area contributed by atoms with Crippen molar-refractivity contribution in [3.63, 3.8) is 0 Å². The molecule has 0 aliphatic rings. The van der Waals surface area contributed by atoms with E-state index in [1.165, 1.54) is 0 Å². The number of hydrogen-bond donors (Lipinski definition) is 2. The number of aliphatic hydroxyl groups excluding tert-OH is 1. The molecule has 0 bridgehead atoms. The van der Waals surface area contributed by atoms with Gasteiger partial charge in [-0.25, -0.2) is 0 Å². The molecule has 0 aliphatic heterocycles. The summed E-state index contributed by atoms with van der Waals surface area (Å²) in [4.78, 5) is 0. The van der Waals surface area contributed by atoms with Crippen LogP contribution in [0, 0.1) is 0 Å². The molecule has 0 saturated carbocycles. The summed E-state index contributed by atoms with van der Waals surface area (Å²) in [5.74, 6) is 0. The lowest BCUT2D eigenvalue weighted by molar-refractivity contribution is 0.151. The predicted octanol–water partition coefficient (Wildman–Crippen LogP) is 0.661. The van der Waals surface area contributed by atoms with Crippen LogP contribution in [0.15, 0.2) is 12.2 Å². The van der Waals surface area contributed by atoms with E-state index in [-0.39, 0.29) is 6.04 Å². The van der Waals surface area contributed by atoms with Gasteiger partial charge in [0.05, 0.1) is 6.10 Å². The molecule has 0 aliphatic carbocycles. The van der Waals surface area contributed by atoms with E-state index in [2.05, 4.69) is 6.58 Å². The second-order valence-electron chi connectivity index (χ2n) is 2.59. The first kappa shape index (κ1) is 8.66. The second kappa shape index (κ2) is 3.64. The van der Waals surface area contributed by atoms with E-state index in [1.54, 1.807) is 6.92 Å². The smallest absolute Gasteiger partial charge is 0.0725 e. The van der Waals surface area contributed by atoms with E-state index in [1.807, 2.05) is 6.92 Å². The third kappa shape index (κ3) is 4.18. The van der Waals surface area contributed by atoms with E-state index in [4.69, 9.17) is 10.8 Å². The van der Waals surface area contributed by atoms with Gasteiger partial charge in [0.25, 0.3) is 0 Å². The zero-order valence-electron chi connectivity index (χ0n) is 6.09. The molecule has 0 heterocycles. The van der Waals surface area contributed by atoms with E-state index in [0.717, 1.165) is 5.57 Å². The van der Waals surface area contributed by atoms with Crippen molar-refractivity contribution in [2.75, 3.05) is 0 Å². The standard InChI is InChI=1S/C7H15NO/c1-5(2)4-7(9)6(3)8/h6-7,9H,1,4,8H2,2-3H3. The van der Waals surface area contributed by atoms with Gasteiger partial charge in [-0.15, -0.1) is 6.58 Å². The van der Waals surface area contributed by atoms with Gasteiger partial charge in [0.1, 0.15) is 0 Å². The van der Waals surface area contributed by atoms with Crippen LogP contribution in [0.5, 0.6) is 0 Å². The largest absolute Gasteiger partial charge is 0.391 e. The van der Waals surface area contributed by atoms with Crippen LogP contribution >= 0.6 is 0 Å². The zero-order valence-corrected chi connectivity index (χ0v) is 6.09. The van der Waals surface area contributed by atoms with Gasteiger partial charge in [-0.2, -0.15) is 0 Å². The van der Waals surface area contributed by atoms with Crippen molar-refractivity contribution in [3.8, 4) is 0 Å². The highest BCUT2D eigenvalue weighted by Gasteiger charge is 2.07. The maximum atomic E-state index is 9.11. The molecule has 0 rings (SSSR count). The first-order chi connectivity index (χ1) is 4.04. The molecule has 0 spiro atoms. The van der Waals surface area contributed by atoms with Crippen molar-refractivity contribution in [2.24, 2.45) is 5.73 Å². The fraction of sp³-hybridized carbons (Fsp3) is 0.714. The van der Waals surface area contributed by atoms with Crippen LogP contribution in [0.1, 0.15) is 20.3 Å².